The van der Waals surface area contributed by atoms with Crippen molar-refractivity contribution in [3.63, 3.8) is 0 Å². The number of rotatable bonds is 7. The molecule has 0 saturated heterocycles. The lowest BCUT2D eigenvalue weighted by molar-refractivity contribution is -0.148. The fraction of sp³-hybridized carbons (Fsp3) is 0.909. The first-order valence-corrected chi connectivity index (χ1v) is 5.46. The SMILES string of the molecule is CCCNCC(C)OC(=O)CC(C)C. The van der Waals surface area contributed by atoms with E-state index in [1.54, 1.807) is 0 Å². The van der Waals surface area contributed by atoms with Crippen LogP contribution in [-0.2, 0) is 9.53 Å². The van der Waals surface area contributed by atoms with Gasteiger partial charge in [-0.2, -0.15) is 0 Å². The molecule has 0 rings (SSSR count). The van der Waals surface area contributed by atoms with E-state index in [4.69, 9.17) is 4.74 Å². The molecule has 14 heavy (non-hydrogen) atoms. The van der Waals surface area contributed by atoms with Crippen molar-refractivity contribution in [3.8, 4) is 0 Å². The van der Waals surface area contributed by atoms with E-state index in [1.807, 2.05) is 20.8 Å². The van der Waals surface area contributed by atoms with Crippen molar-refractivity contribution in [3.05, 3.63) is 0 Å². The van der Waals surface area contributed by atoms with E-state index in [1.165, 1.54) is 0 Å². The molecule has 84 valence electrons. The maximum Gasteiger partial charge on any atom is 0.306 e. The van der Waals surface area contributed by atoms with Gasteiger partial charge in [0.25, 0.3) is 0 Å². The molecule has 0 aliphatic heterocycles. The summed E-state index contributed by atoms with van der Waals surface area (Å²) in [5.41, 5.74) is 0. The predicted molar refractivity (Wildman–Crippen MR) is 58.2 cm³/mol. The van der Waals surface area contributed by atoms with Crippen LogP contribution in [0.3, 0.4) is 0 Å². The summed E-state index contributed by atoms with van der Waals surface area (Å²) in [5.74, 6) is 0.282. The van der Waals surface area contributed by atoms with Gasteiger partial charge < -0.3 is 10.1 Å². The lowest BCUT2D eigenvalue weighted by Gasteiger charge is -2.14. The van der Waals surface area contributed by atoms with Crippen molar-refractivity contribution in [1.29, 1.82) is 0 Å². The lowest BCUT2D eigenvalue weighted by Crippen LogP contribution is -2.29. The second-order valence-electron chi connectivity index (χ2n) is 4.10. The van der Waals surface area contributed by atoms with Gasteiger partial charge >= 0.3 is 5.97 Å². The van der Waals surface area contributed by atoms with Crippen LogP contribution in [0.1, 0.15) is 40.5 Å². The maximum absolute atomic E-state index is 11.2. The second-order valence-corrected chi connectivity index (χ2v) is 4.10. The topological polar surface area (TPSA) is 38.3 Å². The monoisotopic (exact) mass is 201 g/mol. The summed E-state index contributed by atoms with van der Waals surface area (Å²) in [6.45, 7) is 9.79. The van der Waals surface area contributed by atoms with Crippen LogP contribution in [0.25, 0.3) is 0 Å². The van der Waals surface area contributed by atoms with Crippen LogP contribution in [0, 0.1) is 5.92 Å². The minimum atomic E-state index is -0.0919. The molecule has 1 N–H and O–H groups in total. The number of hydrogen-bond acceptors (Lipinski definition) is 3. The third-order valence-corrected chi connectivity index (χ3v) is 1.77. The molecule has 0 radical (unpaired) electrons. The Morgan fingerprint density at radius 2 is 2.00 bits per heavy atom. The van der Waals surface area contributed by atoms with Crippen LogP contribution in [0.4, 0.5) is 0 Å². The summed E-state index contributed by atoms with van der Waals surface area (Å²) in [6.07, 6.45) is 1.60. The highest BCUT2D eigenvalue weighted by atomic mass is 16.5. The molecule has 1 unspecified atom stereocenters. The van der Waals surface area contributed by atoms with Crippen molar-refractivity contribution in [2.75, 3.05) is 13.1 Å². The van der Waals surface area contributed by atoms with Crippen LogP contribution in [0.15, 0.2) is 0 Å². The van der Waals surface area contributed by atoms with Crippen LogP contribution >= 0.6 is 0 Å². The minimum absolute atomic E-state index is 0.0206. The van der Waals surface area contributed by atoms with E-state index in [9.17, 15) is 4.79 Å². The second kappa shape index (κ2) is 7.80. The molecule has 0 amide bonds. The van der Waals surface area contributed by atoms with Gasteiger partial charge in [-0.25, -0.2) is 0 Å². The van der Waals surface area contributed by atoms with Gasteiger partial charge in [-0.1, -0.05) is 20.8 Å². The van der Waals surface area contributed by atoms with E-state index in [2.05, 4.69) is 12.2 Å². The minimum Gasteiger partial charge on any atom is -0.461 e. The number of ether oxygens (including phenoxy) is 1. The normalized spacial score (nSPS) is 12.9. The van der Waals surface area contributed by atoms with Crippen molar-refractivity contribution in [1.82, 2.24) is 5.32 Å². The molecule has 0 saturated carbocycles. The quantitative estimate of drug-likeness (QED) is 0.505. The van der Waals surface area contributed by atoms with Crippen molar-refractivity contribution in [2.24, 2.45) is 5.92 Å². The first kappa shape index (κ1) is 13.4. The van der Waals surface area contributed by atoms with Crippen LogP contribution < -0.4 is 5.32 Å². The van der Waals surface area contributed by atoms with E-state index in [0.717, 1.165) is 19.5 Å². The van der Waals surface area contributed by atoms with Crippen LogP contribution in [0.5, 0.6) is 0 Å². The highest BCUT2D eigenvalue weighted by molar-refractivity contribution is 5.69. The summed E-state index contributed by atoms with van der Waals surface area (Å²) in [6, 6.07) is 0. The summed E-state index contributed by atoms with van der Waals surface area (Å²) in [4.78, 5) is 11.2. The molecular formula is C11H23NO2. The van der Waals surface area contributed by atoms with Crippen LogP contribution in [-0.4, -0.2) is 25.2 Å². The Labute approximate surface area is 87.2 Å². The first-order valence-electron chi connectivity index (χ1n) is 5.46. The van der Waals surface area contributed by atoms with Gasteiger partial charge in [-0.3, -0.25) is 4.79 Å². The Kier molecular flexibility index (Phi) is 7.48. The molecule has 1 atom stereocenters. The van der Waals surface area contributed by atoms with Gasteiger partial charge in [-0.05, 0) is 25.8 Å². The van der Waals surface area contributed by atoms with Gasteiger partial charge in [0, 0.05) is 13.0 Å². The molecule has 0 aromatic rings. The van der Waals surface area contributed by atoms with Gasteiger partial charge in [0.2, 0.25) is 0 Å². The van der Waals surface area contributed by atoms with Crippen molar-refractivity contribution >= 4 is 5.97 Å². The Morgan fingerprint density at radius 1 is 1.36 bits per heavy atom. The molecule has 0 bridgehead atoms. The molecular weight excluding hydrogens is 178 g/mol. The van der Waals surface area contributed by atoms with Gasteiger partial charge in [0.05, 0.1) is 0 Å². The van der Waals surface area contributed by atoms with Gasteiger partial charge in [0.15, 0.2) is 0 Å². The Morgan fingerprint density at radius 3 is 2.50 bits per heavy atom. The van der Waals surface area contributed by atoms with Gasteiger partial charge in [0.1, 0.15) is 6.10 Å². The Balaban J connectivity index is 3.50. The fourth-order valence-corrected chi connectivity index (χ4v) is 1.13. The summed E-state index contributed by atoms with van der Waals surface area (Å²) in [5, 5.41) is 3.22. The molecule has 0 spiro atoms. The zero-order chi connectivity index (χ0) is 11.0. The number of esters is 1. The highest BCUT2D eigenvalue weighted by Crippen LogP contribution is 2.02. The molecule has 0 aliphatic rings. The third-order valence-electron chi connectivity index (χ3n) is 1.77. The third kappa shape index (κ3) is 8.05. The molecule has 0 aliphatic carbocycles. The van der Waals surface area contributed by atoms with Gasteiger partial charge in [-0.15, -0.1) is 0 Å². The molecule has 3 heteroatoms. The lowest BCUT2D eigenvalue weighted by atomic mass is 10.1. The molecule has 0 aromatic carbocycles. The number of nitrogens with one attached hydrogen (secondary N) is 1. The van der Waals surface area contributed by atoms with E-state index in [-0.39, 0.29) is 12.1 Å². The molecule has 0 aromatic heterocycles. The smallest absolute Gasteiger partial charge is 0.306 e. The maximum atomic E-state index is 11.2. The number of hydrogen-bond donors (Lipinski definition) is 1. The van der Waals surface area contributed by atoms with E-state index in [0.29, 0.717) is 12.3 Å². The average Bonchev–Trinajstić information content (AvgIpc) is 2.02. The number of carbonyl (C=O) groups is 1. The highest BCUT2D eigenvalue weighted by Gasteiger charge is 2.10. The number of carbonyl (C=O) groups excluding carboxylic acids is 1. The van der Waals surface area contributed by atoms with E-state index < -0.39 is 0 Å². The first-order chi connectivity index (χ1) is 6.56. The summed E-state index contributed by atoms with van der Waals surface area (Å²) < 4.78 is 5.21. The predicted octanol–water partition coefficient (Wildman–Crippen LogP) is 1.96. The average molecular weight is 201 g/mol. The Bertz CT molecular complexity index is 157. The largest absolute Gasteiger partial charge is 0.461 e. The Hall–Kier alpha value is -0.570. The summed E-state index contributed by atoms with van der Waals surface area (Å²) >= 11 is 0. The van der Waals surface area contributed by atoms with Crippen molar-refractivity contribution in [2.45, 2.75) is 46.6 Å². The zero-order valence-electron chi connectivity index (χ0n) is 9.80. The van der Waals surface area contributed by atoms with Crippen LogP contribution in [0.2, 0.25) is 0 Å². The van der Waals surface area contributed by atoms with Crippen molar-refractivity contribution < 1.29 is 9.53 Å². The fourth-order valence-electron chi connectivity index (χ4n) is 1.13. The molecule has 3 nitrogen and oxygen atoms in total. The summed E-state index contributed by atoms with van der Waals surface area (Å²) in [7, 11) is 0. The molecule has 0 fully saturated rings. The van der Waals surface area contributed by atoms with E-state index >= 15 is 0 Å². The zero-order valence-corrected chi connectivity index (χ0v) is 9.80. The standard InChI is InChI=1S/C11H23NO2/c1-5-6-12-8-10(4)14-11(13)7-9(2)3/h9-10,12H,5-8H2,1-4H3. The molecule has 0 heterocycles.